The third kappa shape index (κ3) is 5.16. The molecule has 0 bridgehead atoms. The second kappa shape index (κ2) is 12.2. The maximum absolute atomic E-state index is 7.30. The molecule has 1 aliphatic carbocycles. The SMILES string of the molecule is CCCN1C(=C(Cl)C=C=C(C2=CCCCC2)C2=[N+](CCC)c3ccccc3C2(C)C)C(C)(C)c2ccccc21.[Cl-]. The van der Waals surface area contributed by atoms with E-state index < -0.39 is 0 Å². The molecule has 2 aromatic carbocycles. The molecule has 0 saturated carbocycles. The van der Waals surface area contributed by atoms with Crippen LogP contribution in [0.5, 0.6) is 0 Å². The van der Waals surface area contributed by atoms with E-state index in [0.717, 1.165) is 43.8 Å². The number of fused-ring (bicyclic) bond motifs is 2. The van der Waals surface area contributed by atoms with Crippen LogP contribution >= 0.6 is 11.6 Å². The van der Waals surface area contributed by atoms with Gasteiger partial charge in [0.2, 0.25) is 11.4 Å². The van der Waals surface area contributed by atoms with Gasteiger partial charge in [0.25, 0.3) is 0 Å². The van der Waals surface area contributed by atoms with E-state index in [1.54, 1.807) is 0 Å². The number of hydrogen-bond donors (Lipinski definition) is 0. The minimum absolute atomic E-state index is 0. The van der Waals surface area contributed by atoms with Gasteiger partial charge in [0.05, 0.1) is 16.0 Å². The average molecular weight is 576 g/mol. The van der Waals surface area contributed by atoms with E-state index in [1.807, 2.05) is 0 Å². The van der Waals surface area contributed by atoms with Gasteiger partial charge in [-0.15, -0.1) is 5.73 Å². The highest BCUT2D eigenvalue weighted by molar-refractivity contribution is 6.32. The molecule has 0 N–H and O–H groups in total. The van der Waals surface area contributed by atoms with Gasteiger partial charge in [0, 0.05) is 47.5 Å². The van der Waals surface area contributed by atoms with Crippen LogP contribution in [0.1, 0.15) is 91.2 Å². The first-order chi connectivity index (χ1) is 18.7. The van der Waals surface area contributed by atoms with E-state index in [1.165, 1.54) is 57.9 Å². The van der Waals surface area contributed by atoms with Crippen molar-refractivity contribution in [3.63, 3.8) is 0 Å². The van der Waals surface area contributed by atoms with Gasteiger partial charge in [0.15, 0.2) is 0 Å². The third-order valence-electron chi connectivity index (χ3n) is 8.77. The summed E-state index contributed by atoms with van der Waals surface area (Å²) in [6, 6.07) is 17.7. The van der Waals surface area contributed by atoms with E-state index in [-0.39, 0.29) is 23.2 Å². The topological polar surface area (TPSA) is 6.25 Å². The molecule has 5 rings (SSSR count). The molecule has 2 aromatic rings. The van der Waals surface area contributed by atoms with Crippen molar-refractivity contribution >= 4 is 28.7 Å². The molecule has 2 aliphatic heterocycles. The molecule has 0 spiro atoms. The fourth-order valence-electron chi connectivity index (χ4n) is 7.01. The lowest BCUT2D eigenvalue weighted by molar-refractivity contribution is -0.438. The van der Waals surface area contributed by atoms with Crippen molar-refractivity contribution in [3.05, 3.63) is 99.4 Å². The van der Waals surface area contributed by atoms with Gasteiger partial charge in [0.1, 0.15) is 6.54 Å². The summed E-state index contributed by atoms with van der Waals surface area (Å²) < 4.78 is 2.56. The molecule has 0 unspecified atom stereocenters. The lowest BCUT2D eigenvalue weighted by Crippen LogP contribution is -3.00. The highest BCUT2D eigenvalue weighted by atomic mass is 35.5. The van der Waals surface area contributed by atoms with E-state index in [2.05, 4.69) is 117 Å². The maximum atomic E-state index is 7.30. The van der Waals surface area contributed by atoms with Crippen LogP contribution in [0.15, 0.2) is 88.3 Å². The molecular formula is C36H44Cl2N2. The molecular weight excluding hydrogens is 531 g/mol. The van der Waals surface area contributed by atoms with Gasteiger partial charge < -0.3 is 17.3 Å². The molecule has 2 nitrogen and oxygen atoms in total. The summed E-state index contributed by atoms with van der Waals surface area (Å²) in [6.45, 7) is 15.8. The normalized spacial score (nSPS) is 19.8. The number of benzene rings is 2. The zero-order valence-electron chi connectivity index (χ0n) is 25.1. The predicted molar refractivity (Wildman–Crippen MR) is 168 cm³/mol. The first kappa shape index (κ1) is 30.4. The number of halogens is 2. The minimum Gasteiger partial charge on any atom is -1.00 e. The molecule has 2 heterocycles. The number of hydrogen-bond acceptors (Lipinski definition) is 1. The third-order valence-corrected chi connectivity index (χ3v) is 9.06. The largest absolute Gasteiger partial charge is 1.00 e. The molecule has 0 radical (unpaired) electrons. The Morgan fingerprint density at radius 3 is 2.33 bits per heavy atom. The Balaban J connectivity index is 0.00000370. The van der Waals surface area contributed by atoms with E-state index in [0.29, 0.717) is 0 Å². The average Bonchev–Trinajstić information content (AvgIpc) is 3.29. The lowest BCUT2D eigenvalue weighted by atomic mass is 9.76. The van der Waals surface area contributed by atoms with Crippen molar-refractivity contribution in [2.45, 2.75) is 90.9 Å². The Bertz CT molecular complexity index is 1430. The van der Waals surface area contributed by atoms with Crippen molar-refractivity contribution in [1.29, 1.82) is 0 Å². The predicted octanol–water partition coefficient (Wildman–Crippen LogP) is 6.72. The summed E-state index contributed by atoms with van der Waals surface area (Å²) >= 11 is 7.30. The van der Waals surface area contributed by atoms with Crippen LogP contribution in [-0.4, -0.2) is 23.4 Å². The second-order valence-corrected chi connectivity index (χ2v) is 12.7. The van der Waals surface area contributed by atoms with Crippen molar-refractivity contribution in [3.8, 4) is 0 Å². The molecule has 4 heteroatoms. The fraction of sp³-hybridized carbons (Fsp3) is 0.444. The highest BCUT2D eigenvalue weighted by Crippen LogP contribution is 2.50. The quantitative estimate of drug-likeness (QED) is 0.263. The zero-order valence-corrected chi connectivity index (χ0v) is 26.6. The van der Waals surface area contributed by atoms with Crippen LogP contribution in [0.2, 0.25) is 0 Å². The zero-order chi connectivity index (χ0) is 27.8. The van der Waals surface area contributed by atoms with Crippen LogP contribution in [-0.2, 0) is 10.8 Å². The smallest absolute Gasteiger partial charge is 0.209 e. The molecule has 0 saturated heterocycles. The molecule has 0 fully saturated rings. The van der Waals surface area contributed by atoms with Gasteiger partial charge in [-0.1, -0.05) is 81.8 Å². The van der Waals surface area contributed by atoms with Gasteiger partial charge >= 0.3 is 0 Å². The first-order valence-corrected chi connectivity index (χ1v) is 15.3. The van der Waals surface area contributed by atoms with E-state index in [9.17, 15) is 0 Å². The van der Waals surface area contributed by atoms with Crippen molar-refractivity contribution in [2.75, 3.05) is 18.0 Å². The molecule has 0 atom stereocenters. The summed E-state index contributed by atoms with van der Waals surface area (Å²) in [5, 5.41) is 0.787. The standard InChI is InChI=1S/C36H44ClN2.ClH/c1-7-24-38-31-20-14-12-18-28(31)35(3,4)33(38)27(26-16-10-9-11-17-26)22-23-30(37)34-36(5,6)29-19-13-15-21-32(29)39(34)25-8-2;/h12-16,18-21,23H,7-11,17,24-25H2,1-6H3;1H/q+1;/p-1. The van der Waals surface area contributed by atoms with Gasteiger partial charge in [-0.3, -0.25) is 0 Å². The molecule has 3 aliphatic rings. The Morgan fingerprint density at radius 2 is 1.65 bits per heavy atom. The summed E-state index contributed by atoms with van der Waals surface area (Å²) in [6.07, 6.45) is 11.4. The fourth-order valence-corrected chi connectivity index (χ4v) is 7.41. The molecule has 40 heavy (non-hydrogen) atoms. The molecule has 212 valence electrons. The Labute approximate surface area is 253 Å². The maximum Gasteiger partial charge on any atom is 0.209 e. The van der Waals surface area contributed by atoms with Crippen molar-refractivity contribution < 1.29 is 17.0 Å². The minimum atomic E-state index is -0.171. The van der Waals surface area contributed by atoms with Crippen LogP contribution in [0.25, 0.3) is 0 Å². The number of allylic oxidation sites excluding steroid dienone is 5. The summed E-state index contributed by atoms with van der Waals surface area (Å²) in [5.41, 5.74) is 14.1. The summed E-state index contributed by atoms with van der Waals surface area (Å²) in [5.74, 6) is 0. The first-order valence-electron chi connectivity index (χ1n) is 14.9. The van der Waals surface area contributed by atoms with Crippen LogP contribution in [0, 0.1) is 0 Å². The molecule has 0 amide bonds. The van der Waals surface area contributed by atoms with Gasteiger partial charge in [-0.05, 0) is 63.2 Å². The van der Waals surface area contributed by atoms with Crippen LogP contribution in [0.3, 0.4) is 0 Å². The Morgan fingerprint density at radius 1 is 0.950 bits per heavy atom. The van der Waals surface area contributed by atoms with Crippen LogP contribution < -0.4 is 17.3 Å². The van der Waals surface area contributed by atoms with E-state index in [4.69, 9.17) is 11.6 Å². The Hall–Kier alpha value is -2.51. The van der Waals surface area contributed by atoms with Gasteiger partial charge in [-0.25, -0.2) is 0 Å². The molecule has 0 aromatic heterocycles. The number of anilines is 1. The number of para-hydroxylation sites is 2. The second-order valence-electron chi connectivity index (χ2n) is 12.3. The monoisotopic (exact) mass is 574 g/mol. The van der Waals surface area contributed by atoms with E-state index >= 15 is 0 Å². The van der Waals surface area contributed by atoms with Crippen molar-refractivity contribution in [1.82, 2.24) is 0 Å². The summed E-state index contributed by atoms with van der Waals surface area (Å²) in [7, 11) is 0. The lowest BCUT2D eigenvalue weighted by Gasteiger charge is -2.27. The van der Waals surface area contributed by atoms with Crippen molar-refractivity contribution in [2.24, 2.45) is 0 Å². The Kier molecular flexibility index (Phi) is 9.25. The number of rotatable bonds is 7. The van der Waals surface area contributed by atoms with Crippen LogP contribution in [0.4, 0.5) is 11.4 Å². The van der Waals surface area contributed by atoms with Gasteiger partial charge in [-0.2, -0.15) is 4.58 Å². The highest BCUT2D eigenvalue weighted by Gasteiger charge is 2.47. The number of nitrogens with zero attached hydrogens (tertiary/aromatic N) is 2. The summed E-state index contributed by atoms with van der Waals surface area (Å²) in [4.78, 5) is 2.43.